The molecule has 5 rings (SSSR count). The number of benzene rings is 3. The van der Waals surface area contributed by atoms with Crippen LogP contribution >= 0.6 is 11.8 Å². The van der Waals surface area contributed by atoms with Gasteiger partial charge in [0.1, 0.15) is 6.61 Å². The van der Waals surface area contributed by atoms with Crippen LogP contribution in [0.5, 0.6) is 11.5 Å². The Kier molecular flexibility index (Phi) is 5.99. The molecule has 0 radical (unpaired) electrons. The van der Waals surface area contributed by atoms with Crippen LogP contribution in [-0.2, 0) is 12.8 Å². The Balaban J connectivity index is 1.20. The van der Waals surface area contributed by atoms with Crippen molar-refractivity contribution in [2.45, 2.75) is 17.0 Å². The Morgan fingerprint density at radius 1 is 1.00 bits per heavy atom. The summed E-state index contributed by atoms with van der Waals surface area (Å²) in [6.07, 6.45) is -0.311. The lowest BCUT2D eigenvalue weighted by atomic mass is 10.1. The largest absolute Gasteiger partial charge is 0.485 e. The fraction of sp³-hybridized carbons (Fsp3) is 0.160. The zero-order valence-electron chi connectivity index (χ0n) is 18.0. The molecule has 0 saturated carbocycles. The Labute approximate surface area is 195 Å². The lowest BCUT2D eigenvalue weighted by molar-refractivity contribution is 0.0825. The van der Waals surface area contributed by atoms with Gasteiger partial charge in [-0.05, 0) is 42.0 Å². The monoisotopic (exact) mass is 458 g/mol. The van der Waals surface area contributed by atoms with Gasteiger partial charge in [0.15, 0.2) is 28.6 Å². The second-order valence-electron chi connectivity index (χ2n) is 7.57. The van der Waals surface area contributed by atoms with Crippen molar-refractivity contribution in [2.75, 3.05) is 11.9 Å². The number of anilines is 1. The number of rotatable bonds is 6. The van der Waals surface area contributed by atoms with Crippen LogP contribution in [0, 0.1) is 0 Å². The van der Waals surface area contributed by atoms with E-state index in [0.29, 0.717) is 23.7 Å². The fourth-order valence-corrected chi connectivity index (χ4v) is 4.38. The van der Waals surface area contributed by atoms with E-state index in [-0.39, 0.29) is 12.0 Å². The first-order valence-electron chi connectivity index (χ1n) is 10.5. The summed E-state index contributed by atoms with van der Waals surface area (Å²) in [7, 11) is 1.93. The van der Waals surface area contributed by atoms with E-state index in [1.165, 1.54) is 0 Å². The molecular weight excluding hydrogens is 436 g/mol. The molecule has 1 N–H and O–H groups in total. The normalized spacial score (nSPS) is 14.6. The molecule has 1 amide bonds. The van der Waals surface area contributed by atoms with Gasteiger partial charge in [-0.25, -0.2) is 0 Å². The maximum absolute atomic E-state index is 12.4. The van der Waals surface area contributed by atoms with Gasteiger partial charge in [0, 0.05) is 24.1 Å². The summed E-state index contributed by atoms with van der Waals surface area (Å²) >= 11 is 1.58. The minimum atomic E-state index is -0.311. The van der Waals surface area contributed by atoms with Crippen molar-refractivity contribution in [3.8, 4) is 11.5 Å². The van der Waals surface area contributed by atoms with Crippen LogP contribution in [-0.4, -0.2) is 27.3 Å². The number of ether oxygens (including phenoxy) is 2. The number of fused-ring (bicyclic) bond motifs is 1. The smallest absolute Gasteiger partial charge is 0.255 e. The molecule has 0 spiro atoms. The Morgan fingerprint density at radius 2 is 1.73 bits per heavy atom. The van der Waals surface area contributed by atoms with E-state index in [4.69, 9.17) is 9.47 Å². The Bertz CT molecular complexity index is 1260. The highest BCUT2D eigenvalue weighted by Gasteiger charge is 2.27. The summed E-state index contributed by atoms with van der Waals surface area (Å²) in [5.41, 5.74) is 2.48. The molecule has 3 aromatic carbocycles. The quantitative estimate of drug-likeness (QED) is 0.415. The summed E-state index contributed by atoms with van der Waals surface area (Å²) in [6, 6.07) is 24.6. The van der Waals surface area contributed by atoms with E-state index in [1.54, 1.807) is 11.8 Å². The highest BCUT2D eigenvalue weighted by Crippen LogP contribution is 2.36. The first kappa shape index (κ1) is 21.1. The third-order valence-electron chi connectivity index (χ3n) is 5.28. The highest BCUT2D eigenvalue weighted by atomic mass is 32.2. The van der Waals surface area contributed by atoms with Crippen LogP contribution in [0.25, 0.3) is 0 Å². The van der Waals surface area contributed by atoms with E-state index in [2.05, 4.69) is 15.5 Å². The van der Waals surface area contributed by atoms with Gasteiger partial charge in [-0.15, -0.1) is 10.2 Å². The molecule has 33 heavy (non-hydrogen) atoms. The summed E-state index contributed by atoms with van der Waals surface area (Å²) < 4.78 is 13.8. The van der Waals surface area contributed by atoms with Crippen LogP contribution in [0.15, 0.2) is 84.0 Å². The molecule has 166 valence electrons. The van der Waals surface area contributed by atoms with Crippen LogP contribution in [0.1, 0.15) is 27.8 Å². The van der Waals surface area contributed by atoms with E-state index >= 15 is 0 Å². The number of amides is 1. The van der Waals surface area contributed by atoms with Crippen LogP contribution in [0.4, 0.5) is 5.69 Å². The van der Waals surface area contributed by atoms with Crippen molar-refractivity contribution in [2.24, 2.45) is 7.05 Å². The van der Waals surface area contributed by atoms with E-state index in [1.807, 2.05) is 90.5 Å². The van der Waals surface area contributed by atoms with Crippen molar-refractivity contribution in [3.05, 3.63) is 95.8 Å². The van der Waals surface area contributed by atoms with Crippen molar-refractivity contribution in [3.63, 3.8) is 0 Å². The van der Waals surface area contributed by atoms with E-state index < -0.39 is 0 Å². The van der Waals surface area contributed by atoms with Crippen molar-refractivity contribution in [1.29, 1.82) is 0 Å². The standard InChI is InChI=1S/C25H22N4O3S/c1-29-23(22-15-31-20-9-5-6-10-21(20)32-22)27-28-25(29)33-16-17-11-13-18(14-12-17)24(30)26-19-7-3-2-4-8-19/h2-14,22H,15-16H2,1H3,(H,26,30)/t22-/m1/s1. The molecule has 0 bridgehead atoms. The van der Waals surface area contributed by atoms with Gasteiger partial charge in [-0.1, -0.05) is 54.2 Å². The van der Waals surface area contributed by atoms with Gasteiger partial charge in [-0.3, -0.25) is 4.79 Å². The molecule has 0 saturated heterocycles. The first-order chi connectivity index (χ1) is 16.2. The third-order valence-corrected chi connectivity index (χ3v) is 6.37. The van der Waals surface area contributed by atoms with Crippen LogP contribution in [0.3, 0.4) is 0 Å². The Hall–Kier alpha value is -3.78. The molecule has 0 unspecified atom stereocenters. The molecule has 0 fully saturated rings. The zero-order chi connectivity index (χ0) is 22.6. The predicted molar refractivity (Wildman–Crippen MR) is 127 cm³/mol. The zero-order valence-corrected chi connectivity index (χ0v) is 18.8. The van der Waals surface area contributed by atoms with Gasteiger partial charge in [0.2, 0.25) is 0 Å². The molecule has 4 aromatic rings. The van der Waals surface area contributed by atoms with Gasteiger partial charge >= 0.3 is 0 Å². The van der Waals surface area contributed by atoms with E-state index in [0.717, 1.165) is 28.0 Å². The summed E-state index contributed by atoms with van der Waals surface area (Å²) in [6.45, 7) is 0.389. The number of nitrogens with one attached hydrogen (secondary N) is 1. The van der Waals surface area contributed by atoms with Gasteiger partial charge in [-0.2, -0.15) is 0 Å². The molecular formula is C25H22N4O3S. The number of carbonyl (C=O) groups excluding carboxylic acids is 1. The van der Waals surface area contributed by atoms with Gasteiger partial charge < -0.3 is 19.4 Å². The lowest BCUT2D eigenvalue weighted by Gasteiger charge is -2.25. The summed E-state index contributed by atoms with van der Waals surface area (Å²) in [5.74, 6) is 2.75. The Morgan fingerprint density at radius 3 is 2.52 bits per heavy atom. The second kappa shape index (κ2) is 9.38. The number of hydrogen-bond donors (Lipinski definition) is 1. The molecule has 7 nitrogen and oxygen atoms in total. The lowest BCUT2D eigenvalue weighted by Crippen LogP contribution is -2.24. The minimum Gasteiger partial charge on any atom is -0.485 e. The number of para-hydroxylation sites is 3. The van der Waals surface area contributed by atoms with Crippen molar-refractivity contribution < 1.29 is 14.3 Å². The van der Waals surface area contributed by atoms with Crippen LogP contribution in [0.2, 0.25) is 0 Å². The number of hydrogen-bond acceptors (Lipinski definition) is 6. The molecule has 1 aliphatic heterocycles. The number of aromatic nitrogens is 3. The van der Waals surface area contributed by atoms with Crippen molar-refractivity contribution >= 4 is 23.4 Å². The third kappa shape index (κ3) is 4.70. The predicted octanol–water partition coefficient (Wildman–Crippen LogP) is 4.87. The average Bonchev–Trinajstić information content (AvgIpc) is 3.23. The maximum atomic E-state index is 12.4. The topological polar surface area (TPSA) is 78.3 Å². The van der Waals surface area contributed by atoms with Crippen LogP contribution < -0.4 is 14.8 Å². The average molecular weight is 459 g/mol. The molecule has 8 heteroatoms. The van der Waals surface area contributed by atoms with Crippen molar-refractivity contribution in [1.82, 2.24) is 14.8 Å². The molecule has 1 aromatic heterocycles. The fourth-order valence-electron chi connectivity index (χ4n) is 3.50. The summed E-state index contributed by atoms with van der Waals surface area (Å²) in [4.78, 5) is 12.4. The summed E-state index contributed by atoms with van der Waals surface area (Å²) in [5, 5.41) is 12.4. The van der Waals surface area contributed by atoms with E-state index in [9.17, 15) is 4.79 Å². The molecule has 1 aliphatic rings. The first-order valence-corrected chi connectivity index (χ1v) is 11.5. The van der Waals surface area contributed by atoms with Gasteiger partial charge in [0.05, 0.1) is 0 Å². The molecule has 0 aliphatic carbocycles. The number of carbonyl (C=O) groups is 1. The maximum Gasteiger partial charge on any atom is 0.255 e. The number of nitrogens with zero attached hydrogens (tertiary/aromatic N) is 3. The second-order valence-corrected chi connectivity index (χ2v) is 8.51. The molecule has 2 heterocycles. The van der Waals surface area contributed by atoms with Gasteiger partial charge in [0.25, 0.3) is 5.91 Å². The number of thioether (sulfide) groups is 1. The minimum absolute atomic E-state index is 0.130. The highest BCUT2D eigenvalue weighted by molar-refractivity contribution is 7.98. The molecule has 1 atom stereocenters. The SMILES string of the molecule is Cn1c(SCc2ccc(C(=O)Nc3ccccc3)cc2)nnc1[C@H]1COc2ccccc2O1.